The van der Waals surface area contributed by atoms with Crippen LogP contribution in [0, 0.1) is 0 Å². The second-order valence-electron chi connectivity index (χ2n) is 3.66. The Labute approximate surface area is 134 Å². The zero-order valence-corrected chi connectivity index (χ0v) is 13.3. The van der Waals surface area contributed by atoms with Crippen molar-refractivity contribution in [1.82, 2.24) is 0 Å². The van der Waals surface area contributed by atoms with Crippen molar-refractivity contribution in [3.63, 3.8) is 0 Å². The summed E-state index contributed by atoms with van der Waals surface area (Å²) in [5.41, 5.74) is 0. The molecular weight excluding hydrogens is 352 g/mol. The molecule has 1 atom stereocenters. The van der Waals surface area contributed by atoms with E-state index in [4.69, 9.17) is 14.2 Å². The van der Waals surface area contributed by atoms with Crippen LogP contribution < -0.4 is 4.74 Å². The summed E-state index contributed by atoms with van der Waals surface area (Å²) in [5.74, 6) is 0.333. The molecule has 1 aliphatic heterocycles. The number of nitrogens with zero attached hydrogens (tertiary/aromatic N) is 2. The van der Waals surface area contributed by atoms with Crippen LogP contribution in [0.1, 0.15) is 16.1 Å². The van der Waals surface area contributed by atoms with Gasteiger partial charge in [0.25, 0.3) is 12.2 Å². The molecule has 0 N–H and O–H groups in total. The van der Waals surface area contributed by atoms with E-state index in [0.29, 0.717) is 29.4 Å². The molecule has 1 aromatic heterocycles. The lowest BCUT2D eigenvalue weighted by Crippen LogP contribution is -2.31. The summed E-state index contributed by atoms with van der Waals surface area (Å²) in [7, 11) is -2.72. The number of rotatable bonds is 5. The standard InChI is InChI=1S/C9H10O4S.C2N2O4S/c1-11-6-4-7(14-5-6)9(10)13-8-2-3-12-8;5-1-3-9(7,8)4-2-6/h4-5,8H,2-3H2,1H3;. The first-order valence-corrected chi connectivity index (χ1v) is 8.08. The van der Waals surface area contributed by atoms with Crippen molar-refractivity contribution in [2.45, 2.75) is 12.7 Å². The minimum Gasteiger partial charge on any atom is -0.496 e. The summed E-state index contributed by atoms with van der Waals surface area (Å²) in [4.78, 5) is 30.4. The van der Waals surface area contributed by atoms with Crippen LogP contribution in [-0.4, -0.2) is 46.6 Å². The van der Waals surface area contributed by atoms with Gasteiger partial charge in [-0.15, -0.1) is 11.3 Å². The van der Waals surface area contributed by atoms with Crippen molar-refractivity contribution in [1.29, 1.82) is 0 Å². The van der Waals surface area contributed by atoms with Gasteiger partial charge in [-0.05, 0) is 0 Å². The van der Waals surface area contributed by atoms with Gasteiger partial charge in [-0.3, -0.25) is 0 Å². The number of hydrogen-bond donors (Lipinski definition) is 0. The molecule has 1 aromatic rings. The van der Waals surface area contributed by atoms with E-state index in [9.17, 15) is 22.8 Å². The summed E-state index contributed by atoms with van der Waals surface area (Å²) in [6, 6.07) is 1.66. The fraction of sp³-hybridized carbons (Fsp3) is 0.364. The number of isocyanates is 2. The number of carbonyl (C=O) groups is 1. The predicted molar refractivity (Wildman–Crippen MR) is 75.8 cm³/mol. The Kier molecular flexibility index (Phi) is 7.26. The summed E-state index contributed by atoms with van der Waals surface area (Å²) >= 11 is 1.30. The Bertz CT molecular complexity index is 716. The smallest absolute Gasteiger partial charge is 0.383 e. The Hall–Kier alpha value is -2.36. The van der Waals surface area contributed by atoms with Gasteiger partial charge in [-0.2, -0.15) is 8.42 Å². The minimum absolute atomic E-state index is 0.344. The lowest BCUT2D eigenvalue weighted by Gasteiger charge is -2.25. The molecule has 2 heterocycles. The molecule has 0 radical (unpaired) electrons. The van der Waals surface area contributed by atoms with Crippen molar-refractivity contribution in [3.8, 4) is 5.75 Å². The van der Waals surface area contributed by atoms with Gasteiger partial charge in [0, 0.05) is 17.9 Å². The van der Waals surface area contributed by atoms with Crippen LogP contribution >= 0.6 is 11.3 Å². The maximum atomic E-state index is 11.4. The van der Waals surface area contributed by atoms with E-state index in [0.717, 1.165) is 6.42 Å². The van der Waals surface area contributed by atoms with E-state index in [2.05, 4.69) is 8.80 Å². The molecule has 0 saturated carbocycles. The van der Waals surface area contributed by atoms with Crippen LogP contribution in [0.15, 0.2) is 20.2 Å². The Morgan fingerprint density at radius 1 is 1.39 bits per heavy atom. The van der Waals surface area contributed by atoms with Gasteiger partial charge < -0.3 is 14.2 Å². The highest BCUT2D eigenvalue weighted by molar-refractivity contribution is 7.89. The summed E-state index contributed by atoms with van der Waals surface area (Å²) in [5, 5.41) is 1.76. The second-order valence-corrected chi connectivity index (χ2v) is 5.83. The van der Waals surface area contributed by atoms with Crippen LogP contribution in [-0.2, 0) is 29.3 Å². The molecule has 0 spiro atoms. The topological polar surface area (TPSA) is 138 Å². The third-order valence-electron chi connectivity index (χ3n) is 2.21. The van der Waals surface area contributed by atoms with E-state index in [1.165, 1.54) is 11.3 Å². The second kappa shape index (κ2) is 8.93. The molecule has 1 unspecified atom stereocenters. The van der Waals surface area contributed by atoms with Crippen molar-refractivity contribution in [2.75, 3.05) is 13.7 Å². The van der Waals surface area contributed by atoms with Crippen LogP contribution in [0.25, 0.3) is 0 Å². The molecule has 0 bridgehead atoms. The summed E-state index contributed by atoms with van der Waals surface area (Å²) in [6.45, 7) is 0.672. The number of carbonyl (C=O) groups excluding carboxylic acids is 3. The van der Waals surface area contributed by atoms with Crippen molar-refractivity contribution >= 4 is 39.7 Å². The van der Waals surface area contributed by atoms with E-state index < -0.39 is 10.2 Å². The zero-order chi connectivity index (χ0) is 17.3. The molecule has 1 aliphatic rings. The third-order valence-corrected chi connectivity index (χ3v) is 3.71. The Morgan fingerprint density at radius 2 is 2.00 bits per heavy atom. The highest BCUT2D eigenvalue weighted by Crippen LogP contribution is 2.23. The van der Waals surface area contributed by atoms with Crippen LogP contribution in [0.2, 0.25) is 0 Å². The third kappa shape index (κ3) is 6.51. The molecular formula is C11H10N2O8S2. The van der Waals surface area contributed by atoms with Gasteiger partial charge in [0.05, 0.1) is 13.7 Å². The fourth-order valence-corrected chi connectivity index (χ4v) is 2.10. The summed E-state index contributed by atoms with van der Waals surface area (Å²) < 4.78 is 39.3. The lowest BCUT2D eigenvalue weighted by molar-refractivity contribution is -0.184. The quantitative estimate of drug-likeness (QED) is 0.421. The molecule has 0 aromatic carbocycles. The first kappa shape index (κ1) is 18.7. The molecule has 23 heavy (non-hydrogen) atoms. The largest absolute Gasteiger partial charge is 0.496 e. The SMILES string of the molecule is COc1csc(C(=O)OC2CCO2)c1.O=C=NS(=O)(=O)N=C=O. The van der Waals surface area contributed by atoms with Crippen molar-refractivity contribution in [2.24, 2.45) is 8.80 Å². The van der Waals surface area contributed by atoms with Crippen LogP contribution in [0.5, 0.6) is 5.75 Å². The number of esters is 1. The Morgan fingerprint density at radius 3 is 2.39 bits per heavy atom. The average molecular weight is 362 g/mol. The first-order chi connectivity index (χ1) is 10.9. The number of ether oxygens (including phenoxy) is 3. The monoisotopic (exact) mass is 362 g/mol. The molecule has 1 fully saturated rings. The number of thiophene rings is 1. The van der Waals surface area contributed by atoms with Crippen molar-refractivity contribution in [3.05, 3.63) is 16.3 Å². The average Bonchev–Trinajstić information content (AvgIpc) is 2.92. The normalized spacial score (nSPS) is 15.6. The number of methoxy groups -OCH3 is 1. The molecule has 10 nitrogen and oxygen atoms in total. The van der Waals surface area contributed by atoms with E-state index in [-0.39, 0.29) is 12.3 Å². The number of hydrogen-bond acceptors (Lipinski definition) is 9. The maximum Gasteiger partial charge on any atom is 0.383 e. The maximum absolute atomic E-state index is 11.4. The molecule has 12 heteroatoms. The molecule has 1 saturated heterocycles. The van der Waals surface area contributed by atoms with Gasteiger partial charge in [-0.1, -0.05) is 8.80 Å². The van der Waals surface area contributed by atoms with Crippen molar-refractivity contribution < 1.29 is 37.0 Å². The molecule has 2 rings (SSSR count). The van der Waals surface area contributed by atoms with E-state index >= 15 is 0 Å². The highest BCUT2D eigenvalue weighted by atomic mass is 32.2. The first-order valence-electron chi connectivity index (χ1n) is 5.80. The minimum atomic E-state index is -4.28. The van der Waals surface area contributed by atoms with Gasteiger partial charge in [0.2, 0.25) is 6.29 Å². The predicted octanol–water partition coefficient (Wildman–Crippen LogP) is 0.563. The van der Waals surface area contributed by atoms with Gasteiger partial charge in [0.15, 0.2) is 0 Å². The molecule has 0 aliphatic carbocycles. The van der Waals surface area contributed by atoms with Gasteiger partial charge in [0.1, 0.15) is 10.6 Å². The van der Waals surface area contributed by atoms with Gasteiger partial charge >= 0.3 is 16.2 Å². The molecule has 124 valence electrons. The van der Waals surface area contributed by atoms with Crippen LogP contribution in [0.3, 0.4) is 0 Å². The zero-order valence-electron chi connectivity index (χ0n) is 11.6. The lowest BCUT2D eigenvalue weighted by atomic mass is 10.3. The fourth-order valence-electron chi connectivity index (χ4n) is 1.13. The highest BCUT2D eigenvalue weighted by Gasteiger charge is 2.23. The summed E-state index contributed by atoms with van der Waals surface area (Å²) in [6.07, 6.45) is 1.85. The van der Waals surface area contributed by atoms with E-state index in [1.807, 2.05) is 0 Å². The Balaban J connectivity index is 0.000000257. The van der Waals surface area contributed by atoms with E-state index in [1.54, 1.807) is 18.6 Å². The van der Waals surface area contributed by atoms with Crippen LogP contribution in [0.4, 0.5) is 0 Å². The van der Waals surface area contributed by atoms with Gasteiger partial charge in [-0.25, -0.2) is 14.4 Å². The molecule has 0 amide bonds.